The third-order valence-electron chi connectivity index (χ3n) is 3.60. The summed E-state index contributed by atoms with van der Waals surface area (Å²) >= 11 is 0. The highest BCUT2D eigenvalue weighted by atomic mass is 14.9. The maximum absolute atomic E-state index is 6.21. The summed E-state index contributed by atoms with van der Waals surface area (Å²) in [6.07, 6.45) is 5.01. The lowest BCUT2D eigenvalue weighted by Gasteiger charge is -2.20. The van der Waals surface area contributed by atoms with E-state index in [0.717, 1.165) is 12.3 Å². The van der Waals surface area contributed by atoms with Gasteiger partial charge in [-0.3, -0.25) is 0 Å². The third-order valence-corrected chi connectivity index (χ3v) is 3.60. The van der Waals surface area contributed by atoms with Gasteiger partial charge >= 0.3 is 0 Å². The first-order valence-electron chi connectivity index (χ1n) is 4.65. The zero-order chi connectivity index (χ0) is 8.06. The molecule has 0 aromatic heterocycles. The van der Waals surface area contributed by atoms with Crippen molar-refractivity contribution in [3.63, 3.8) is 0 Å². The minimum absolute atomic E-state index is 0.201. The Morgan fingerprint density at radius 1 is 1.64 bits per heavy atom. The fourth-order valence-electron chi connectivity index (χ4n) is 2.63. The van der Waals surface area contributed by atoms with Crippen LogP contribution in [-0.2, 0) is 0 Å². The van der Waals surface area contributed by atoms with Crippen LogP contribution >= 0.6 is 0 Å². The molecule has 1 nitrogen and oxygen atoms in total. The predicted molar refractivity (Wildman–Crippen MR) is 47.2 cm³/mol. The summed E-state index contributed by atoms with van der Waals surface area (Å²) < 4.78 is 0. The van der Waals surface area contributed by atoms with Crippen molar-refractivity contribution < 1.29 is 0 Å². The normalized spacial score (nSPS) is 47.1. The van der Waals surface area contributed by atoms with Gasteiger partial charge in [0.05, 0.1) is 0 Å². The summed E-state index contributed by atoms with van der Waals surface area (Å²) in [5.74, 6) is 1.49. The van der Waals surface area contributed by atoms with Gasteiger partial charge in [0.1, 0.15) is 0 Å². The zero-order valence-electron chi connectivity index (χ0n) is 7.27. The molecule has 0 aromatic carbocycles. The van der Waals surface area contributed by atoms with Crippen LogP contribution in [0.25, 0.3) is 0 Å². The van der Waals surface area contributed by atoms with Crippen molar-refractivity contribution in [2.24, 2.45) is 17.6 Å². The molecule has 0 aromatic rings. The van der Waals surface area contributed by atoms with Crippen LogP contribution in [-0.4, -0.2) is 5.54 Å². The molecule has 0 amide bonds. The van der Waals surface area contributed by atoms with Gasteiger partial charge in [-0.2, -0.15) is 0 Å². The second-order valence-corrected chi connectivity index (χ2v) is 4.16. The van der Waals surface area contributed by atoms with Crippen LogP contribution in [0.1, 0.15) is 32.6 Å². The molecule has 0 spiro atoms. The zero-order valence-corrected chi connectivity index (χ0v) is 7.27. The minimum atomic E-state index is 0.201. The Morgan fingerprint density at radius 2 is 2.36 bits per heavy atom. The van der Waals surface area contributed by atoms with Gasteiger partial charge < -0.3 is 5.73 Å². The Balaban J connectivity index is 2.10. The first kappa shape index (κ1) is 7.35. The summed E-state index contributed by atoms with van der Waals surface area (Å²) in [7, 11) is 0. The Morgan fingerprint density at radius 3 is 2.73 bits per heavy atom. The molecule has 0 radical (unpaired) electrons. The van der Waals surface area contributed by atoms with Gasteiger partial charge in [0.25, 0.3) is 0 Å². The second-order valence-electron chi connectivity index (χ2n) is 4.16. The summed E-state index contributed by atoms with van der Waals surface area (Å²) in [5.41, 5.74) is 7.80. The van der Waals surface area contributed by atoms with Gasteiger partial charge in [-0.15, -0.1) is 0 Å². The van der Waals surface area contributed by atoms with Crippen molar-refractivity contribution in [1.29, 1.82) is 0 Å². The van der Waals surface area contributed by atoms with E-state index in [0.29, 0.717) is 5.92 Å². The van der Waals surface area contributed by atoms with E-state index >= 15 is 0 Å². The number of fused-ring (bicyclic) bond motifs is 1. The summed E-state index contributed by atoms with van der Waals surface area (Å²) in [5, 5.41) is 0. The third kappa shape index (κ3) is 0.871. The average molecular weight is 151 g/mol. The van der Waals surface area contributed by atoms with Gasteiger partial charge in [0.15, 0.2) is 0 Å². The van der Waals surface area contributed by atoms with Crippen molar-refractivity contribution >= 4 is 0 Å². The first-order valence-corrected chi connectivity index (χ1v) is 4.65. The Labute approximate surface area is 68.7 Å². The van der Waals surface area contributed by atoms with Crippen LogP contribution in [0.2, 0.25) is 0 Å². The molecule has 2 aliphatic carbocycles. The molecular formula is C10H17N. The highest BCUT2D eigenvalue weighted by molar-refractivity contribution is 5.24. The quantitative estimate of drug-likeness (QED) is 0.601. The number of hydrogen-bond donors (Lipinski definition) is 1. The minimum Gasteiger partial charge on any atom is -0.324 e. The molecule has 1 heteroatoms. The number of hydrogen-bond acceptors (Lipinski definition) is 1. The van der Waals surface area contributed by atoms with E-state index in [4.69, 9.17) is 5.73 Å². The molecule has 3 atom stereocenters. The van der Waals surface area contributed by atoms with Gasteiger partial charge in [-0.25, -0.2) is 0 Å². The van der Waals surface area contributed by atoms with E-state index in [1.54, 1.807) is 0 Å². The van der Waals surface area contributed by atoms with Gasteiger partial charge in [0, 0.05) is 5.54 Å². The van der Waals surface area contributed by atoms with E-state index < -0.39 is 0 Å². The monoisotopic (exact) mass is 151 g/mol. The van der Waals surface area contributed by atoms with Gasteiger partial charge in [-0.05, 0) is 37.5 Å². The molecule has 0 aliphatic heterocycles. The van der Waals surface area contributed by atoms with Crippen LogP contribution in [0, 0.1) is 11.8 Å². The van der Waals surface area contributed by atoms with E-state index in [-0.39, 0.29) is 5.54 Å². The van der Waals surface area contributed by atoms with Gasteiger partial charge in [-0.1, -0.05) is 19.1 Å². The molecular weight excluding hydrogens is 134 g/mol. The van der Waals surface area contributed by atoms with Crippen LogP contribution < -0.4 is 5.73 Å². The maximum Gasteiger partial charge on any atom is 0.0253 e. The van der Waals surface area contributed by atoms with Crippen molar-refractivity contribution in [1.82, 2.24) is 0 Å². The molecule has 2 rings (SSSR count). The smallest absolute Gasteiger partial charge is 0.0253 e. The summed E-state index contributed by atoms with van der Waals surface area (Å²) in [4.78, 5) is 0. The Hall–Kier alpha value is -0.300. The fraction of sp³-hybridized carbons (Fsp3) is 0.800. The molecule has 3 unspecified atom stereocenters. The van der Waals surface area contributed by atoms with E-state index in [9.17, 15) is 0 Å². The summed E-state index contributed by atoms with van der Waals surface area (Å²) in [6.45, 7) is 6.28. The predicted octanol–water partition coefficient (Wildman–Crippen LogP) is 2.08. The lowest BCUT2D eigenvalue weighted by molar-refractivity contribution is 0.479. The highest BCUT2D eigenvalue weighted by Crippen LogP contribution is 2.59. The van der Waals surface area contributed by atoms with Crippen LogP contribution in [0.4, 0.5) is 0 Å². The van der Waals surface area contributed by atoms with Crippen molar-refractivity contribution in [3.05, 3.63) is 12.2 Å². The molecule has 2 N–H and O–H groups in total. The van der Waals surface area contributed by atoms with Crippen molar-refractivity contribution in [2.75, 3.05) is 0 Å². The molecule has 2 aliphatic rings. The lowest BCUT2D eigenvalue weighted by Crippen LogP contribution is -2.31. The van der Waals surface area contributed by atoms with Crippen molar-refractivity contribution in [3.8, 4) is 0 Å². The number of nitrogens with two attached hydrogens (primary N) is 1. The van der Waals surface area contributed by atoms with E-state index in [1.807, 2.05) is 0 Å². The Kier molecular flexibility index (Phi) is 1.40. The molecule has 62 valence electrons. The van der Waals surface area contributed by atoms with E-state index in [2.05, 4.69) is 13.5 Å². The topological polar surface area (TPSA) is 26.0 Å². The standard InChI is InChI=1S/C10H17N/c1-3-7(2)9-5-4-8-6-10(8,9)11/h8-9H,2-6,11H2,1H3. The highest BCUT2D eigenvalue weighted by Gasteiger charge is 2.60. The summed E-state index contributed by atoms with van der Waals surface area (Å²) in [6, 6.07) is 0. The average Bonchev–Trinajstić information content (AvgIpc) is 2.54. The largest absolute Gasteiger partial charge is 0.324 e. The molecule has 0 saturated heterocycles. The van der Waals surface area contributed by atoms with Crippen LogP contribution in [0.3, 0.4) is 0 Å². The van der Waals surface area contributed by atoms with Crippen LogP contribution in [0.15, 0.2) is 12.2 Å². The molecule has 2 saturated carbocycles. The van der Waals surface area contributed by atoms with Crippen LogP contribution in [0.5, 0.6) is 0 Å². The lowest BCUT2D eigenvalue weighted by atomic mass is 9.90. The molecule has 2 fully saturated rings. The van der Waals surface area contributed by atoms with Gasteiger partial charge in [0.2, 0.25) is 0 Å². The van der Waals surface area contributed by atoms with E-state index in [1.165, 1.54) is 24.8 Å². The molecule has 0 bridgehead atoms. The number of rotatable bonds is 2. The van der Waals surface area contributed by atoms with Crippen molar-refractivity contribution in [2.45, 2.75) is 38.1 Å². The molecule has 11 heavy (non-hydrogen) atoms. The maximum atomic E-state index is 6.21. The second kappa shape index (κ2) is 2.10. The SMILES string of the molecule is C=C(CC)C1CCC2CC21N. The Bertz CT molecular complexity index is 195. The molecule has 0 heterocycles. The fourth-order valence-corrected chi connectivity index (χ4v) is 2.63. The first-order chi connectivity index (χ1) is 5.18.